The van der Waals surface area contributed by atoms with Crippen molar-refractivity contribution in [2.45, 2.75) is 24.5 Å². The van der Waals surface area contributed by atoms with Crippen molar-refractivity contribution in [3.63, 3.8) is 0 Å². The van der Waals surface area contributed by atoms with Gasteiger partial charge in [-0.15, -0.1) is 0 Å². The molecule has 0 unspecified atom stereocenters. The van der Waals surface area contributed by atoms with Crippen molar-refractivity contribution in [1.82, 2.24) is 10.2 Å². The SMILES string of the molecule is NC(=O)C[C@@H]1N[C@@]2(C(=O)Nc3c(Cl)cccc32)[C@@H]2C(=O)N(Cc3ccc(F)cc3)C(=O)[C@H]12. The highest BCUT2D eigenvalue weighted by Crippen LogP contribution is 2.54. The van der Waals surface area contributed by atoms with Gasteiger partial charge in [0.25, 0.3) is 0 Å². The van der Waals surface area contributed by atoms with E-state index < -0.39 is 52.9 Å². The Labute approximate surface area is 186 Å². The molecule has 32 heavy (non-hydrogen) atoms. The number of amides is 4. The summed E-state index contributed by atoms with van der Waals surface area (Å²) >= 11 is 6.26. The van der Waals surface area contributed by atoms with Gasteiger partial charge < -0.3 is 11.1 Å². The molecule has 2 fully saturated rings. The number of halogens is 2. The van der Waals surface area contributed by atoms with Crippen LogP contribution in [0.5, 0.6) is 0 Å². The summed E-state index contributed by atoms with van der Waals surface area (Å²) in [6.45, 7) is -0.0751. The van der Waals surface area contributed by atoms with E-state index >= 15 is 0 Å². The van der Waals surface area contributed by atoms with Crippen molar-refractivity contribution < 1.29 is 23.6 Å². The van der Waals surface area contributed by atoms with Crippen molar-refractivity contribution in [1.29, 1.82) is 0 Å². The summed E-state index contributed by atoms with van der Waals surface area (Å²) in [6.07, 6.45) is -0.227. The highest BCUT2D eigenvalue weighted by molar-refractivity contribution is 6.35. The van der Waals surface area contributed by atoms with Gasteiger partial charge in [-0.05, 0) is 23.8 Å². The van der Waals surface area contributed by atoms with Crippen LogP contribution in [-0.2, 0) is 31.3 Å². The van der Waals surface area contributed by atoms with Crippen LogP contribution in [0.4, 0.5) is 10.1 Å². The fourth-order valence-corrected chi connectivity index (χ4v) is 5.39. The van der Waals surface area contributed by atoms with Crippen LogP contribution in [-0.4, -0.2) is 34.6 Å². The van der Waals surface area contributed by atoms with Gasteiger partial charge in [-0.2, -0.15) is 0 Å². The monoisotopic (exact) mass is 456 g/mol. The average molecular weight is 457 g/mol. The third kappa shape index (κ3) is 2.78. The maximum Gasteiger partial charge on any atom is 0.250 e. The zero-order valence-electron chi connectivity index (χ0n) is 16.6. The number of rotatable bonds is 4. The zero-order valence-corrected chi connectivity index (χ0v) is 17.4. The van der Waals surface area contributed by atoms with Crippen LogP contribution in [0.25, 0.3) is 0 Å². The molecule has 1 spiro atoms. The maximum absolute atomic E-state index is 13.6. The number of fused-ring (bicyclic) bond motifs is 4. The fourth-order valence-electron chi connectivity index (χ4n) is 5.17. The highest BCUT2D eigenvalue weighted by atomic mass is 35.5. The fraction of sp³-hybridized carbons (Fsp3) is 0.273. The van der Waals surface area contributed by atoms with Gasteiger partial charge in [0.15, 0.2) is 0 Å². The van der Waals surface area contributed by atoms with E-state index in [1.165, 1.54) is 24.3 Å². The van der Waals surface area contributed by atoms with E-state index in [1.807, 2.05) is 0 Å². The minimum Gasteiger partial charge on any atom is -0.370 e. The Morgan fingerprint density at radius 2 is 1.84 bits per heavy atom. The summed E-state index contributed by atoms with van der Waals surface area (Å²) in [5, 5.41) is 6.11. The van der Waals surface area contributed by atoms with Gasteiger partial charge in [0.2, 0.25) is 23.6 Å². The first-order valence-corrected chi connectivity index (χ1v) is 10.4. The van der Waals surface area contributed by atoms with Crippen molar-refractivity contribution in [3.8, 4) is 0 Å². The van der Waals surface area contributed by atoms with Crippen LogP contribution in [0, 0.1) is 17.7 Å². The van der Waals surface area contributed by atoms with Gasteiger partial charge in [-0.25, -0.2) is 4.39 Å². The smallest absolute Gasteiger partial charge is 0.250 e. The molecule has 2 aromatic carbocycles. The van der Waals surface area contributed by atoms with E-state index in [0.29, 0.717) is 21.8 Å². The number of nitrogens with one attached hydrogen (secondary N) is 2. The van der Waals surface area contributed by atoms with E-state index in [4.69, 9.17) is 17.3 Å². The molecule has 0 radical (unpaired) electrons. The molecule has 164 valence electrons. The van der Waals surface area contributed by atoms with Crippen LogP contribution in [0.15, 0.2) is 42.5 Å². The minimum atomic E-state index is -1.56. The second-order valence-corrected chi connectivity index (χ2v) is 8.65. The van der Waals surface area contributed by atoms with E-state index in [9.17, 15) is 23.6 Å². The molecule has 4 amide bonds. The highest BCUT2D eigenvalue weighted by Gasteiger charge is 2.70. The number of para-hydroxylation sites is 1. The predicted molar refractivity (Wildman–Crippen MR) is 111 cm³/mol. The molecule has 5 rings (SSSR count). The quantitative estimate of drug-likeness (QED) is 0.598. The largest absolute Gasteiger partial charge is 0.370 e. The van der Waals surface area contributed by atoms with Crippen LogP contribution in [0.3, 0.4) is 0 Å². The molecule has 3 aliphatic rings. The van der Waals surface area contributed by atoms with Crippen LogP contribution < -0.4 is 16.4 Å². The third-order valence-electron chi connectivity index (χ3n) is 6.47. The van der Waals surface area contributed by atoms with Crippen LogP contribution in [0.2, 0.25) is 5.02 Å². The minimum absolute atomic E-state index is 0.0751. The molecule has 0 aromatic heterocycles. The second kappa shape index (κ2) is 7.11. The summed E-state index contributed by atoms with van der Waals surface area (Å²) < 4.78 is 13.3. The summed E-state index contributed by atoms with van der Waals surface area (Å²) in [5.74, 6) is -4.74. The van der Waals surface area contributed by atoms with Crippen molar-refractivity contribution in [3.05, 3.63) is 64.4 Å². The number of hydrogen-bond donors (Lipinski definition) is 3. The molecule has 2 aromatic rings. The molecular formula is C22H18ClFN4O4. The van der Waals surface area contributed by atoms with E-state index in [-0.39, 0.29) is 13.0 Å². The molecule has 3 aliphatic heterocycles. The maximum atomic E-state index is 13.6. The predicted octanol–water partition coefficient (Wildman–Crippen LogP) is 1.28. The lowest BCUT2D eigenvalue weighted by Gasteiger charge is -2.29. The number of likely N-dealkylation sites (tertiary alicyclic amines) is 1. The molecular weight excluding hydrogens is 439 g/mol. The Hall–Kier alpha value is -3.30. The molecule has 0 bridgehead atoms. The van der Waals surface area contributed by atoms with Gasteiger partial charge in [-0.3, -0.25) is 29.4 Å². The number of hydrogen-bond acceptors (Lipinski definition) is 5. The number of benzene rings is 2. The molecule has 3 heterocycles. The lowest BCUT2D eigenvalue weighted by molar-refractivity contribution is -0.143. The Kier molecular flexibility index (Phi) is 4.58. The topological polar surface area (TPSA) is 122 Å². The number of nitrogens with zero attached hydrogens (tertiary/aromatic N) is 1. The Morgan fingerprint density at radius 3 is 2.53 bits per heavy atom. The molecule has 4 N–H and O–H groups in total. The Morgan fingerprint density at radius 1 is 1.12 bits per heavy atom. The number of anilines is 1. The van der Waals surface area contributed by atoms with E-state index in [1.54, 1.807) is 18.2 Å². The third-order valence-corrected chi connectivity index (χ3v) is 6.78. The molecule has 8 nitrogen and oxygen atoms in total. The molecule has 4 atom stereocenters. The molecule has 2 saturated heterocycles. The first-order valence-electron chi connectivity index (χ1n) is 10.00. The second-order valence-electron chi connectivity index (χ2n) is 8.24. The van der Waals surface area contributed by atoms with Crippen LogP contribution >= 0.6 is 11.6 Å². The number of primary amides is 1. The van der Waals surface area contributed by atoms with E-state index in [0.717, 1.165) is 4.90 Å². The Balaban J connectivity index is 1.60. The van der Waals surface area contributed by atoms with Crippen molar-refractivity contribution in [2.75, 3.05) is 5.32 Å². The molecule has 10 heteroatoms. The Bertz CT molecular complexity index is 1190. The lowest BCUT2D eigenvalue weighted by Crippen LogP contribution is -2.53. The van der Waals surface area contributed by atoms with Gasteiger partial charge >= 0.3 is 0 Å². The first kappa shape index (κ1) is 20.6. The van der Waals surface area contributed by atoms with Gasteiger partial charge in [0.1, 0.15) is 11.4 Å². The van der Waals surface area contributed by atoms with Gasteiger partial charge in [0.05, 0.1) is 29.1 Å². The number of carbonyl (C=O) groups excluding carboxylic acids is 4. The molecule has 0 aliphatic carbocycles. The summed E-state index contributed by atoms with van der Waals surface area (Å²) in [7, 11) is 0. The normalized spacial score (nSPS) is 28.2. The summed E-state index contributed by atoms with van der Waals surface area (Å²) in [4.78, 5) is 53.0. The van der Waals surface area contributed by atoms with Gasteiger partial charge in [0, 0.05) is 18.0 Å². The van der Waals surface area contributed by atoms with E-state index in [2.05, 4.69) is 10.6 Å². The standard InChI is InChI=1S/C22H18ClFN4O4/c23-13-3-1-2-12-18(13)26-21(32)22(12)17-16(14(27-22)8-15(25)29)19(30)28(20(17)31)9-10-4-6-11(24)7-5-10/h1-7,14,16-17,27H,8-9H2,(H2,25,29)(H,26,32)/t14-,16+,17-,22+/m0/s1. The van der Waals surface area contributed by atoms with Crippen molar-refractivity contribution >= 4 is 40.9 Å². The van der Waals surface area contributed by atoms with Crippen molar-refractivity contribution in [2.24, 2.45) is 17.6 Å². The number of carbonyl (C=O) groups is 4. The zero-order chi connectivity index (χ0) is 22.8. The summed E-state index contributed by atoms with van der Waals surface area (Å²) in [6, 6.07) is 9.55. The number of nitrogens with two attached hydrogens (primary N) is 1. The van der Waals surface area contributed by atoms with Gasteiger partial charge in [-0.1, -0.05) is 35.9 Å². The molecule has 0 saturated carbocycles. The summed E-state index contributed by atoms with van der Waals surface area (Å²) in [5.41, 5.74) is 5.21. The average Bonchev–Trinajstić information content (AvgIpc) is 3.31. The lowest BCUT2D eigenvalue weighted by atomic mass is 9.76. The van der Waals surface area contributed by atoms with Crippen LogP contribution in [0.1, 0.15) is 17.5 Å². The first-order chi connectivity index (χ1) is 15.2. The number of imide groups is 1.